The standard InChI is InChI=1S/C23H31N3O5S2/c1-18-6-9-21(10-7-18)33(30,31)26-14-4-13-25(15-16-26)23(27)11-12-24-32(28,29)22-17-19(2)5-8-20(22)3/h5-10,17,24H,4,11-16H2,1-3H3. The summed E-state index contributed by atoms with van der Waals surface area (Å²) in [5.41, 5.74) is 2.46. The maximum absolute atomic E-state index is 12.9. The third-order valence-corrected chi connectivity index (χ3v) is 9.25. The fourth-order valence-electron chi connectivity index (χ4n) is 3.77. The number of benzene rings is 2. The molecule has 1 saturated heterocycles. The van der Waals surface area contributed by atoms with Crippen molar-refractivity contribution >= 4 is 26.0 Å². The Bertz CT molecular complexity index is 1210. The van der Waals surface area contributed by atoms with Gasteiger partial charge >= 0.3 is 0 Å². The van der Waals surface area contributed by atoms with Gasteiger partial charge in [-0.1, -0.05) is 29.8 Å². The van der Waals surface area contributed by atoms with Crippen LogP contribution in [-0.2, 0) is 24.8 Å². The van der Waals surface area contributed by atoms with Gasteiger partial charge in [0.25, 0.3) is 0 Å². The van der Waals surface area contributed by atoms with Crippen LogP contribution in [0.5, 0.6) is 0 Å². The third-order valence-electron chi connectivity index (χ3n) is 5.73. The first-order chi connectivity index (χ1) is 15.5. The lowest BCUT2D eigenvalue weighted by molar-refractivity contribution is -0.130. The van der Waals surface area contributed by atoms with Crippen LogP contribution in [0.4, 0.5) is 0 Å². The maximum Gasteiger partial charge on any atom is 0.243 e. The SMILES string of the molecule is Cc1ccc(S(=O)(=O)N2CCCN(C(=O)CCNS(=O)(=O)c3cc(C)ccc3C)CC2)cc1. The molecule has 0 atom stereocenters. The van der Waals surface area contributed by atoms with E-state index in [2.05, 4.69) is 4.72 Å². The predicted molar refractivity (Wildman–Crippen MR) is 127 cm³/mol. The van der Waals surface area contributed by atoms with E-state index in [0.29, 0.717) is 25.1 Å². The van der Waals surface area contributed by atoms with Gasteiger partial charge in [0.2, 0.25) is 26.0 Å². The monoisotopic (exact) mass is 493 g/mol. The van der Waals surface area contributed by atoms with Crippen LogP contribution in [0.25, 0.3) is 0 Å². The first-order valence-electron chi connectivity index (χ1n) is 10.9. The summed E-state index contributed by atoms with van der Waals surface area (Å²) in [5.74, 6) is -0.201. The second kappa shape index (κ2) is 10.3. The molecule has 2 aromatic carbocycles. The molecule has 0 aromatic heterocycles. The lowest BCUT2D eigenvalue weighted by atomic mass is 10.2. The van der Waals surface area contributed by atoms with E-state index in [1.807, 2.05) is 19.9 Å². The van der Waals surface area contributed by atoms with Crippen molar-refractivity contribution in [2.45, 2.75) is 43.4 Å². The average Bonchev–Trinajstić information content (AvgIpc) is 3.02. The molecule has 0 saturated carbocycles. The largest absolute Gasteiger partial charge is 0.341 e. The van der Waals surface area contributed by atoms with E-state index in [1.54, 1.807) is 48.2 Å². The molecule has 1 aliphatic rings. The second-order valence-corrected chi connectivity index (χ2v) is 12.0. The number of rotatable bonds is 7. The van der Waals surface area contributed by atoms with Crippen LogP contribution in [0.15, 0.2) is 52.3 Å². The van der Waals surface area contributed by atoms with E-state index in [0.717, 1.165) is 11.1 Å². The van der Waals surface area contributed by atoms with Crippen LogP contribution >= 0.6 is 0 Å². The molecule has 0 radical (unpaired) electrons. The molecule has 1 amide bonds. The van der Waals surface area contributed by atoms with Gasteiger partial charge in [-0.15, -0.1) is 0 Å². The molecule has 10 heteroatoms. The van der Waals surface area contributed by atoms with Crippen LogP contribution < -0.4 is 4.72 Å². The fourth-order valence-corrected chi connectivity index (χ4v) is 6.60. The van der Waals surface area contributed by atoms with E-state index in [-0.39, 0.29) is 41.8 Å². The number of hydrogen-bond donors (Lipinski definition) is 1. The van der Waals surface area contributed by atoms with Gasteiger partial charge in [-0.05, 0) is 56.5 Å². The van der Waals surface area contributed by atoms with Gasteiger partial charge in [-0.25, -0.2) is 21.6 Å². The van der Waals surface area contributed by atoms with Crippen molar-refractivity contribution in [2.75, 3.05) is 32.7 Å². The van der Waals surface area contributed by atoms with Gasteiger partial charge in [0.05, 0.1) is 9.79 Å². The van der Waals surface area contributed by atoms with Crippen molar-refractivity contribution in [1.82, 2.24) is 13.9 Å². The molecule has 0 aliphatic carbocycles. The van der Waals surface area contributed by atoms with E-state index >= 15 is 0 Å². The quantitative estimate of drug-likeness (QED) is 0.637. The molecular weight excluding hydrogens is 462 g/mol. The molecule has 1 heterocycles. The Morgan fingerprint density at radius 3 is 2.24 bits per heavy atom. The summed E-state index contributed by atoms with van der Waals surface area (Å²) >= 11 is 0. The third kappa shape index (κ3) is 6.20. The number of nitrogens with zero attached hydrogens (tertiary/aromatic N) is 2. The van der Waals surface area contributed by atoms with Gasteiger partial charge in [-0.3, -0.25) is 4.79 Å². The molecule has 3 rings (SSSR count). The number of aryl methyl sites for hydroxylation is 3. The first-order valence-corrected chi connectivity index (χ1v) is 13.8. The van der Waals surface area contributed by atoms with Crippen LogP contribution in [0.3, 0.4) is 0 Å². The van der Waals surface area contributed by atoms with Crippen LogP contribution in [0, 0.1) is 20.8 Å². The van der Waals surface area contributed by atoms with E-state index in [9.17, 15) is 21.6 Å². The molecule has 8 nitrogen and oxygen atoms in total. The lowest BCUT2D eigenvalue weighted by Crippen LogP contribution is -2.38. The van der Waals surface area contributed by atoms with E-state index in [1.165, 1.54) is 4.31 Å². The van der Waals surface area contributed by atoms with Gasteiger partial charge in [-0.2, -0.15) is 4.31 Å². The van der Waals surface area contributed by atoms with Crippen molar-refractivity contribution < 1.29 is 21.6 Å². The number of hydrogen-bond acceptors (Lipinski definition) is 5. The van der Waals surface area contributed by atoms with Crippen molar-refractivity contribution in [1.29, 1.82) is 0 Å². The van der Waals surface area contributed by atoms with Gasteiger partial charge in [0.1, 0.15) is 0 Å². The van der Waals surface area contributed by atoms with Crippen LogP contribution in [-0.4, -0.2) is 64.7 Å². The minimum absolute atomic E-state index is 0.00874. The number of carbonyl (C=O) groups excluding carboxylic acids is 1. The zero-order chi connectivity index (χ0) is 24.2. The van der Waals surface area contributed by atoms with E-state index < -0.39 is 20.0 Å². The smallest absolute Gasteiger partial charge is 0.243 e. The van der Waals surface area contributed by atoms with Gasteiger partial charge in [0.15, 0.2) is 0 Å². The van der Waals surface area contributed by atoms with Crippen LogP contribution in [0.1, 0.15) is 29.5 Å². The molecular formula is C23H31N3O5S2. The number of carbonyl (C=O) groups is 1. The molecule has 1 N–H and O–H groups in total. The summed E-state index contributed by atoms with van der Waals surface area (Å²) in [4.78, 5) is 14.7. The average molecular weight is 494 g/mol. The topological polar surface area (TPSA) is 104 Å². The summed E-state index contributed by atoms with van der Waals surface area (Å²) in [6.07, 6.45) is 0.528. The van der Waals surface area contributed by atoms with Crippen LogP contribution in [0.2, 0.25) is 0 Å². The highest BCUT2D eigenvalue weighted by Gasteiger charge is 2.28. The summed E-state index contributed by atoms with van der Waals surface area (Å²) in [6.45, 7) is 6.67. The Morgan fingerprint density at radius 1 is 0.879 bits per heavy atom. The highest BCUT2D eigenvalue weighted by molar-refractivity contribution is 7.89. The molecule has 33 heavy (non-hydrogen) atoms. The summed E-state index contributed by atoms with van der Waals surface area (Å²) in [7, 11) is -7.34. The summed E-state index contributed by atoms with van der Waals surface area (Å²) in [5, 5.41) is 0. The molecule has 1 fully saturated rings. The fraction of sp³-hybridized carbons (Fsp3) is 0.435. The summed E-state index contributed by atoms with van der Waals surface area (Å²) in [6, 6.07) is 11.9. The molecule has 0 unspecified atom stereocenters. The van der Waals surface area contributed by atoms with Crippen molar-refractivity contribution in [2.24, 2.45) is 0 Å². The minimum atomic E-state index is -3.72. The number of sulfonamides is 2. The second-order valence-electron chi connectivity index (χ2n) is 8.37. The lowest BCUT2D eigenvalue weighted by Gasteiger charge is -2.22. The maximum atomic E-state index is 12.9. The van der Waals surface area contributed by atoms with E-state index in [4.69, 9.17) is 0 Å². The number of amides is 1. The highest BCUT2D eigenvalue weighted by atomic mass is 32.2. The highest BCUT2D eigenvalue weighted by Crippen LogP contribution is 2.19. The Labute approximate surface area is 196 Å². The zero-order valence-electron chi connectivity index (χ0n) is 19.2. The van der Waals surface area contributed by atoms with Gasteiger partial charge in [0, 0.05) is 39.1 Å². The zero-order valence-corrected chi connectivity index (χ0v) is 20.9. The Hall–Kier alpha value is -2.27. The Morgan fingerprint density at radius 2 is 1.55 bits per heavy atom. The van der Waals surface area contributed by atoms with Crippen molar-refractivity contribution in [3.05, 3.63) is 59.2 Å². The van der Waals surface area contributed by atoms with Gasteiger partial charge < -0.3 is 4.90 Å². The first kappa shape index (κ1) is 25.4. The molecule has 180 valence electrons. The minimum Gasteiger partial charge on any atom is -0.341 e. The summed E-state index contributed by atoms with van der Waals surface area (Å²) < 4.78 is 55.0. The molecule has 2 aromatic rings. The predicted octanol–water partition coefficient (Wildman–Crippen LogP) is 2.20. The normalized spacial score (nSPS) is 15.9. The van der Waals surface area contributed by atoms with Crippen molar-refractivity contribution in [3.8, 4) is 0 Å². The van der Waals surface area contributed by atoms with Crippen molar-refractivity contribution in [3.63, 3.8) is 0 Å². The molecule has 0 spiro atoms. The number of nitrogens with one attached hydrogen (secondary N) is 1. The Balaban J connectivity index is 1.56. The Kier molecular flexibility index (Phi) is 7.94. The molecule has 1 aliphatic heterocycles. The molecule has 0 bridgehead atoms.